The smallest absolute Gasteiger partial charge is 0.119 e. The van der Waals surface area contributed by atoms with Gasteiger partial charge in [0.2, 0.25) is 0 Å². The summed E-state index contributed by atoms with van der Waals surface area (Å²) >= 11 is 3.63. The molecular weight excluding hydrogens is 304 g/mol. The van der Waals surface area contributed by atoms with Gasteiger partial charge in [0.25, 0.3) is 0 Å². The first-order chi connectivity index (χ1) is 9.24. The lowest BCUT2D eigenvalue weighted by Crippen LogP contribution is -2.40. The van der Waals surface area contributed by atoms with Gasteiger partial charge in [-0.2, -0.15) is 0 Å². The molecule has 0 aliphatic heterocycles. The van der Waals surface area contributed by atoms with Crippen LogP contribution in [0, 0.1) is 5.92 Å². The summed E-state index contributed by atoms with van der Waals surface area (Å²) in [5, 5.41) is 0.926. The maximum Gasteiger partial charge on any atom is 0.119 e. The fraction of sp³-hybridized carbons (Fsp3) is 0.625. The first kappa shape index (κ1) is 14.9. The van der Waals surface area contributed by atoms with Gasteiger partial charge in [0.15, 0.2) is 0 Å². The van der Waals surface area contributed by atoms with Gasteiger partial charge in [0.1, 0.15) is 12.4 Å². The molecule has 0 saturated heterocycles. The maximum absolute atomic E-state index is 6.14. The molecule has 19 heavy (non-hydrogen) atoms. The Hall–Kier alpha value is -0.540. The van der Waals surface area contributed by atoms with E-state index < -0.39 is 0 Å². The molecular formula is C16H23BrO2. The molecule has 1 aromatic carbocycles. The van der Waals surface area contributed by atoms with E-state index in [4.69, 9.17) is 9.47 Å². The highest BCUT2D eigenvalue weighted by Gasteiger charge is 2.34. The Morgan fingerprint density at radius 2 is 2.05 bits per heavy atom. The van der Waals surface area contributed by atoms with Crippen molar-refractivity contribution in [2.75, 3.05) is 18.5 Å². The van der Waals surface area contributed by atoms with Crippen molar-refractivity contribution in [1.29, 1.82) is 0 Å². The Morgan fingerprint density at radius 3 is 2.74 bits per heavy atom. The summed E-state index contributed by atoms with van der Waals surface area (Å²) in [6.07, 6.45) is 4.92. The highest BCUT2D eigenvalue weighted by molar-refractivity contribution is 9.09. The minimum absolute atomic E-state index is 0.0255. The van der Waals surface area contributed by atoms with Crippen molar-refractivity contribution in [1.82, 2.24) is 0 Å². The number of benzene rings is 1. The second-order valence-electron chi connectivity index (χ2n) is 5.53. The zero-order valence-corrected chi connectivity index (χ0v) is 13.2. The van der Waals surface area contributed by atoms with Crippen molar-refractivity contribution < 1.29 is 9.47 Å². The molecule has 0 radical (unpaired) electrons. The number of rotatable bonds is 6. The van der Waals surface area contributed by atoms with Gasteiger partial charge in [0, 0.05) is 5.33 Å². The molecule has 2 atom stereocenters. The molecule has 2 unspecified atom stereocenters. The molecule has 0 bridgehead atoms. The Morgan fingerprint density at radius 1 is 1.26 bits per heavy atom. The summed E-state index contributed by atoms with van der Waals surface area (Å²) in [6, 6.07) is 9.91. The van der Waals surface area contributed by atoms with Gasteiger partial charge in [-0.3, -0.25) is 0 Å². The van der Waals surface area contributed by atoms with Crippen LogP contribution in [-0.4, -0.2) is 24.1 Å². The number of para-hydroxylation sites is 1. The van der Waals surface area contributed by atoms with Crippen LogP contribution in [0.4, 0.5) is 0 Å². The third kappa shape index (κ3) is 4.50. The van der Waals surface area contributed by atoms with E-state index in [0.29, 0.717) is 13.2 Å². The molecule has 1 aliphatic carbocycles. The molecule has 2 nitrogen and oxygen atoms in total. The summed E-state index contributed by atoms with van der Waals surface area (Å²) < 4.78 is 11.8. The minimum Gasteiger partial charge on any atom is -0.491 e. The summed E-state index contributed by atoms with van der Waals surface area (Å²) in [5.74, 6) is 1.68. The van der Waals surface area contributed by atoms with Crippen LogP contribution in [0.3, 0.4) is 0 Å². The molecule has 1 fully saturated rings. The summed E-state index contributed by atoms with van der Waals surface area (Å²) in [6.45, 7) is 3.60. The van der Waals surface area contributed by atoms with Gasteiger partial charge in [0.05, 0.1) is 12.2 Å². The quantitative estimate of drug-likeness (QED) is 0.569. The second-order valence-corrected chi connectivity index (χ2v) is 6.09. The highest BCUT2D eigenvalue weighted by atomic mass is 79.9. The molecule has 2 rings (SSSR count). The number of alkyl halides is 1. The van der Waals surface area contributed by atoms with Gasteiger partial charge in [-0.05, 0) is 30.9 Å². The minimum atomic E-state index is 0.0255. The van der Waals surface area contributed by atoms with Crippen LogP contribution in [0.25, 0.3) is 0 Å². The van der Waals surface area contributed by atoms with E-state index in [2.05, 4.69) is 22.9 Å². The molecule has 0 N–H and O–H groups in total. The summed E-state index contributed by atoms with van der Waals surface area (Å²) in [5.41, 5.74) is 0.0255. The normalized spacial score (nSPS) is 27.2. The van der Waals surface area contributed by atoms with E-state index in [1.165, 1.54) is 12.8 Å². The van der Waals surface area contributed by atoms with Crippen molar-refractivity contribution in [3.8, 4) is 5.75 Å². The summed E-state index contributed by atoms with van der Waals surface area (Å²) in [7, 11) is 0. The summed E-state index contributed by atoms with van der Waals surface area (Å²) in [4.78, 5) is 0. The van der Waals surface area contributed by atoms with Gasteiger partial charge >= 0.3 is 0 Å². The second kappa shape index (κ2) is 7.30. The van der Waals surface area contributed by atoms with Crippen molar-refractivity contribution in [3.63, 3.8) is 0 Å². The molecule has 1 saturated carbocycles. The van der Waals surface area contributed by atoms with Crippen molar-refractivity contribution in [2.24, 2.45) is 5.92 Å². The maximum atomic E-state index is 6.14. The standard InChI is InChI=1S/C16H23BrO2/c1-14-6-5-9-16(12-14,13-17)19-11-10-18-15-7-3-2-4-8-15/h2-4,7-8,14H,5-6,9-13H2,1H3. The number of hydrogen-bond acceptors (Lipinski definition) is 2. The number of ether oxygens (including phenoxy) is 2. The zero-order chi connectivity index (χ0) is 13.6. The Kier molecular flexibility index (Phi) is 5.71. The number of hydrogen-bond donors (Lipinski definition) is 0. The first-order valence-corrected chi connectivity index (χ1v) is 8.24. The molecule has 1 aliphatic rings. The lowest BCUT2D eigenvalue weighted by Gasteiger charge is -2.38. The lowest BCUT2D eigenvalue weighted by molar-refractivity contribution is -0.0709. The SMILES string of the molecule is CC1CCCC(CBr)(OCCOc2ccccc2)C1. The van der Waals surface area contributed by atoms with Crippen LogP contribution in [0.5, 0.6) is 5.75 Å². The largest absolute Gasteiger partial charge is 0.491 e. The molecule has 0 aromatic heterocycles. The predicted octanol–water partition coefficient (Wildman–Crippen LogP) is 4.43. The van der Waals surface area contributed by atoms with Crippen LogP contribution in [0.15, 0.2) is 30.3 Å². The molecule has 1 aromatic rings. The van der Waals surface area contributed by atoms with E-state index in [1.807, 2.05) is 30.3 Å². The topological polar surface area (TPSA) is 18.5 Å². The molecule has 3 heteroatoms. The molecule has 106 valence electrons. The third-order valence-electron chi connectivity index (χ3n) is 3.80. The van der Waals surface area contributed by atoms with Crippen molar-refractivity contribution in [2.45, 2.75) is 38.2 Å². The molecule has 0 amide bonds. The van der Waals surface area contributed by atoms with E-state index in [1.54, 1.807) is 0 Å². The van der Waals surface area contributed by atoms with Crippen LogP contribution in [0.2, 0.25) is 0 Å². The average Bonchev–Trinajstić information content (AvgIpc) is 2.45. The first-order valence-electron chi connectivity index (χ1n) is 7.12. The lowest BCUT2D eigenvalue weighted by atomic mass is 9.80. The monoisotopic (exact) mass is 326 g/mol. The van der Waals surface area contributed by atoms with Gasteiger partial charge in [-0.15, -0.1) is 0 Å². The van der Waals surface area contributed by atoms with Crippen molar-refractivity contribution >= 4 is 15.9 Å². The van der Waals surface area contributed by atoms with E-state index in [0.717, 1.165) is 29.8 Å². The van der Waals surface area contributed by atoms with Gasteiger partial charge in [-0.25, -0.2) is 0 Å². The van der Waals surface area contributed by atoms with Crippen molar-refractivity contribution in [3.05, 3.63) is 30.3 Å². The number of halogens is 1. The van der Waals surface area contributed by atoms with Crippen LogP contribution in [0.1, 0.15) is 32.6 Å². The molecule has 0 spiro atoms. The Balaban J connectivity index is 1.74. The van der Waals surface area contributed by atoms with E-state index in [-0.39, 0.29) is 5.60 Å². The van der Waals surface area contributed by atoms with Crippen LogP contribution in [-0.2, 0) is 4.74 Å². The van der Waals surface area contributed by atoms with Crippen LogP contribution < -0.4 is 4.74 Å². The zero-order valence-electron chi connectivity index (χ0n) is 11.6. The van der Waals surface area contributed by atoms with Crippen LogP contribution >= 0.6 is 15.9 Å². The van der Waals surface area contributed by atoms with E-state index in [9.17, 15) is 0 Å². The average molecular weight is 327 g/mol. The Labute approximate surface area is 124 Å². The van der Waals surface area contributed by atoms with Gasteiger partial charge in [-0.1, -0.05) is 53.9 Å². The Bertz CT molecular complexity index is 368. The fourth-order valence-electron chi connectivity index (χ4n) is 2.84. The fourth-order valence-corrected chi connectivity index (χ4v) is 3.51. The highest BCUT2D eigenvalue weighted by Crippen LogP contribution is 2.36. The predicted molar refractivity (Wildman–Crippen MR) is 82.0 cm³/mol. The van der Waals surface area contributed by atoms with E-state index >= 15 is 0 Å². The molecule has 0 heterocycles. The third-order valence-corrected chi connectivity index (χ3v) is 4.82. The van der Waals surface area contributed by atoms with Gasteiger partial charge < -0.3 is 9.47 Å².